The van der Waals surface area contributed by atoms with E-state index in [1.54, 1.807) is 27.4 Å². The first-order valence-corrected chi connectivity index (χ1v) is 11.9. The molecule has 4 aromatic rings. The summed E-state index contributed by atoms with van der Waals surface area (Å²) in [4.78, 5) is 17.1. The number of carbonyl (C=O) groups excluding carboxylic acids is 1. The molecule has 10 nitrogen and oxygen atoms in total. The van der Waals surface area contributed by atoms with Crippen molar-refractivity contribution in [3.05, 3.63) is 66.4 Å². The maximum Gasteiger partial charge on any atom is 0.272 e. The van der Waals surface area contributed by atoms with E-state index in [0.29, 0.717) is 49.1 Å². The van der Waals surface area contributed by atoms with Crippen LogP contribution in [0.2, 0.25) is 0 Å². The van der Waals surface area contributed by atoms with E-state index >= 15 is 0 Å². The normalized spacial score (nSPS) is 13.4. The Balaban J connectivity index is 1.22. The highest BCUT2D eigenvalue weighted by Crippen LogP contribution is 2.32. The molecule has 1 N–H and O–H groups in total. The zero-order chi connectivity index (χ0) is 25.8. The van der Waals surface area contributed by atoms with Gasteiger partial charge in [-0.25, -0.2) is 0 Å². The van der Waals surface area contributed by atoms with Gasteiger partial charge in [-0.1, -0.05) is 0 Å². The fraction of sp³-hybridized carbons (Fsp3) is 0.259. The molecule has 0 unspecified atom stereocenters. The van der Waals surface area contributed by atoms with Gasteiger partial charge in [-0.15, -0.1) is 10.2 Å². The van der Waals surface area contributed by atoms with Crippen molar-refractivity contribution in [1.29, 1.82) is 0 Å². The standard InChI is InChI=1S/C27H28N6O4/c1-35-19-6-4-18(5-7-19)22-9-11-26(31-28-22)32-12-14-33(15-13-32)27(34)24-17-23(29-30-24)21-16-20(36-2)8-10-25(21)37-3/h4-11,16-17H,12-15H2,1-3H3,(H,29,30). The fourth-order valence-electron chi connectivity index (χ4n) is 4.30. The number of carbonyl (C=O) groups is 1. The predicted molar refractivity (Wildman–Crippen MR) is 139 cm³/mol. The van der Waals surface area contributed by atoms with Gasteiger partial charge in [0.2, 0.25) is 0 Å². The van der Waals surface area contributed by atoms with E-state index in [4.69, 9.17) is 14.2 Å². The summed E-state index contributed by atoms with van der Waals surface area (Å²) in [5, 5.41) is 16.0. The Morgan fingerprint density at radius 3 is 2.16 bits per heavy atom. The Kier molecular flexibility index (Phi) is 6.89. The van der Waals surface area contributed by atoms with E-state index in [2.05, 4.69) is 25.3 Å². The lowest BCUT2D eigenvalue weighted by molar-refractivity contribution is 0.0740. The molecule has 1 saturated heterocycles. The van der Waals surface area contributed by atoms with E-state index in [9.17, 15) is 4.79 Å². The molecule has 5 rings (SSSR count). The molecular weight excluding hydrogens is 472 g/mol. The fourth-order valence-corrected chi connectivity index (χ4v) is 4.30. The lowest BCUT2D eigenvalue weighted by Crippen LogP contribution is -2.49. The number of aromatic nitrogens is 4. The van der Waals surface area contributed by atoms with Gasteiger partial charge in [0.1, 0.15) is 22.9 Å². The third kappa shape index (κ3) is 5.04. The van der Waals surface area contributed by atoms with Gasteiger partial charge < -0.3 is 24.0 Å². The van der Waals surface area contributed by atoms with Gasteiger partial charge >= 0.3 is 0 Å². The van der Waals surface area contributed by atoms with Crippen molar-refractivity contribution < 1.29 is 19.0 Å². The zero-order valence-electron chi connectivity index (χ0n) is 21.0. The second-order valence-electron chi connectivity index (χ2n) is 8.52. The van der Waals surface area contributed by atoms with Crippen LogP contribution in [-0.4, -0.2) is 78.7 Å². The SMILES string of the molecule is COc1ccc(-c2ccc(N3CCN(C(=O)c4cc(-c5cc(OC)ccc5OC)n[nH]4)CC3)nn2)cc1. The minimum Gasteiger partial charge on any atom is -0.497 e. The lowest BCUT2D eigenvalue weighted by Gasteiger charge is -2.34. The molecule has 0 radical (unpaired) electrons. The van der Waals surface area contributed by atoms with Crippen LogP contribution in [0.4, 0.5) is 5.82 Å². The summed E-state index contributed by atoms with van der Waals surface area (Å²) in [6.45, 7) is 2.45. The van der Waals surface area contributed by atoms with E-state index in [1.165, 1.54) is 0 Å². The molecule has 1 aliphatic heterocycles. The Morgan fingerprint density at radius 2 is 1.51 bits per heavy atom. The molecule has 1 aliphatic rings. The maximum absolute atomic E-state index is 13.2. The molecule has 2 aromatic heterocycles. The van der Waals surface area contributed by atoms with Crippen molar-refractivity contribution >= 4 is 11.7 Å². The monoisotopic (exact) mass is 500 g/mol. The average molecular weight is 501 g/mol. The van der Waals surface area contributed by atoms with Crippen LogP contribution < -0.4 is 19.1 Å². The number of amides is 1. The number of ether oxygens (including phenoxy) is 3. The quantitative estimate of drug-likeness (QED) is 0.411. The number of methoxy groups -OCH3 is 3. The van der Waals surface area contributed by atoms with E-state index in [0.717, 1.165) is 28.4 Å². The van der Waals surface area contributed by atoms with Crippen LogP contribution in [-0.2, 0) is 0 Å². The van der Waals surface area contributed by atoms with Gasteiger partial charge in [0.25, 0.3) is 5.91 Å². The van der Waals surface area contributed by atoms with Crippen molar-refractivity contribution in [2.24, 2.45) is 0 Å². The Morgan fingerprint density at radius 1 is 0.784 bits per heavy atom. The van der Waals surface area contributed by atoms with Crippen LogP contribution in [0.3, 0.4) is 0 Å². The molecule has 0 aliphatic carbocycles. The topological polar surface area (TPSA) is 106 Å². The molecule has 2 aromatic carbocycles. The second-order valence-corrected chi connectivity index (χ2v) is 8.52. The third-order valence-corrected chi connectivity index (χ3v) is 6.42. The van der Waals surface area contributed by atoms with Crippen molar-refractivity contribution in [2.45, 2.75) is 0 Å². The number of anilines is 1. The van der Waals surface area contributed by atoms with Gasteiger partial charge in [0.15, 0.2) is 5.82 Å². The largest absolute Gasteiger partial charge is 0.497 e. The number of rotatable bonds is 7. The number of H-pyrrole nitrogens is 1. The molecule has 0 spiro atoms. The first kappa shape index (κ1) is 24.1. The van der Waals surface area contributed by atoms with Crippen LogP contribution in [0.15, 0.2) is 60.7 Å². The molecule has 0 bridgehead atoms. The van der Waals surface area contributed by atoms with Crippen LogP contribution in [0.1, 0.15) is 10.5 Å². The van der Waals surface area contributed by atoms with Crippen molar-refractivity contribution in [2.75, 3.05) is 52.4 Å². The smallest absolute Gasteiger partial charge is 0.272 e. The molecular formula is C27H28N6O4. The van der Waals surface area contributed by atoms with Crippen LogP contribution >= 0.6 is 0 Å². The number of piperazine rings is 1. The summed E-state index contributed by atoms with van der Waals surface area (Å²) >= 11 is 0. The van der Waals surface area contributed by atoms with E-state index < -0.39 is 0 Å². The van der Waals surface area contributed by atoms with Gasteiger partial charge in [0, 0.05) is 37.3 Å². The molecule has 190 valence electrons. The highest BCUT2D eigenvalue weighted by atomic mass is 16.5. The second kappa shape index (κ2) is 10.6. The van der Waals surface area contributed by atoms with Crippen LogP contribution in [0.25, 0.3) is 22.5 Å². The van der Waals surface area contributed by atoms with Crippen LogP contribution in [0.5, 0.6) is 17.2 Å². The summed E-state index contributed by atoms with van der Waals surface area (Å²) in [6.07, 6.45) is 0. The number of hydrogen-bond acceptors (Lipinski definition) is 8. The van der Waals surface area contributed by atoms with Gasteiger partial charge in [-0.2, -0.15) is 5.10 Å². The third-order valence-electron chi connectivity index (χ3n) is 6.42. The summed E-state index contributed by atoms with van der Waals surface area (Å²) in [6, 6.07) is 18.9. The molecule has 0 atom stereocenters. The molecule has 1 fully saturated rings. The zero-order valence-corrected chi connectivity index (χ0v) is 21.0. The Labute approximate surface area is 214 Å². The Hall–Kier alpha value is -4.60. The number of benzene rings is 2. The average Bonchev–Trinajstić information content (AvgIpc) is 3.47. The van der Waals surface area contributed by atoms with E-state index in [1.807, 2.05) is 59.5 Å². The van der Waals surface area contributed by atoms with Crippen molar-refractivity contribution in [3.8, 4) is 39.8 Å². The van der Waals surface area contributed by atoms with Gasteiger partial charge in [-0.3, -0.25) is 9.89 Å². The minimum atomic E-state index is -0.0961. The van der Waals surface area contributed by atoms with E-state index in [-0.39, 0.29) is 5.91 Å². The molecule has 0 saturated carbocycles. The highest BCUT2D eigenvalue weighted by Gasteiger charge is 2.25. The molecule has 37 heavy (non-hydrogen) atoms. The summed E-state index contributed by atoms with van der Waals surface area (Å²) in [5.41, 5.74) is 3.56. The lowest BCUT2D eigenvalue weighted by atomic mass is 10.1. The maximum atomic E-state index is 13.2. The molecule has 10 heteroatoms. The van der Waals surface area contributed by atoms with Crippen molar-refractivity contribution in [3.63, 3.8) is 0 Å². The van der Waals surface area contributed by atoms with Gasteiger partial charge in [0.05, 0.1) is 32.7 Å². The van der Waals surface area contributed by atoms with Crippen LogP contribution in [0, 0.1) is 0 Å². The molecule has 3 heterocycles. The van der Waals surface area contributed by atoms with Crippen molar-refractivity contribution in [1.82, 2.24) is 25.3 Å². The Bertz CT molecular complexity index is 1360. The summed E-state index contributed by atoms with van der Waals surface area (Å²) < 4.78 is 16.0. The summed E-state index contributed by atoms with van der Waals surface area (Å²) in [7, 11) is 4.84. The predicted octanol–water partition coefficient (Wildman–Crippen LogP) is 3.52. The number of nitrogens with zero attached hydrogens (tertiary/aromatic N) is 5. The minimum absolute atomic E-state index is 0.0961. The first-order chi connectivity index (χ1) is 18.1. The van der Waals surface area contributed by atoms with Gasteiger partial charge in [-0.05, 0) is 60.7 Å². The summed E-state index contributed by atoms with van der Waals surface area (Å²) in [5.74, 6) is 2.83. The number of aromatic amines is 1. The first-order valence-electron chi connectivity index (χ1n) is 11.9. The number of hydrogen-bond donors (Lipinski definition) is 1. The number of nitrogens with one attached hydrogen (secondary N) is 1. The molecule has 1 amide bonds. The highest BCUT2D eigenvalue weighted by molar-refractivity contribution is 5.93.